The number of aromatic amines is 1. The molecule has 0 saturated heterocycles. The minimum atomic E-state index is -0.961. The number of aromatic nitrogens is 2. The maximum atomic E-state index is 12.4. The van der Waals surface area contributed by atoms with Gasteiger partial charge in [-0.1, -0.05) is 30.3 Å². The molecular weight excluding hydrogens is 366 g/mol. The Morgan fingerprint density at radius 2 is 1.93 bits per heavy atom. The molecule has 0 saturated carbocycles. The van der Waals surface area contributed by atoms with Gasteiger partial charge in [0.25, 0.3) is 5.56 Å². The SMILES string of the molecule is COCCn1c(NC(=O)C(N)COC)c(NCc2ccccc2)c(=O)[nH]c1=O. The summed E-state index contributed by atoms with van der Waals surface area (Å²) in [7, 11) is 2.90. The van der Waals surface area contributed by atoms with E-state index in [9.17, 15) is 14.4 Å². The Morgan fingerprint density at radius 1 is 1.21 bits per heavy atom. The third-order valence-corrected chi connectivity index (χ3v) is 3.96. The van der Waals surface area contributed by atoms with Gasteiger partial charge in [-0.15, -0.1) is 0 Å². The van der Waals surface area contributed by atoms with Crippen LogP contribution >= 0.6 is 0 Å². The van der Waals surface area contributed by atoms with E-state index in [0.29, 0.717) is 6.54 Å². The number of amides is 1. The lowest BCUT2D eigenvalue weighted by molar-refractivity contribution is -0.118. The van der Waals surface area contributed by atoms with Crippen molar-refractivity contribution in [2.45, 2.75) is 19.1 Å². The van der Waals surface area contributed by atoms with Crippen LogP contribution in [0.25, 0.3) is 0 Å². The van der Waals surface area contributed by atoms with Crippen LogP contribution in [0.1, 0.15) is 5.56 Å². The summed E-state index contributed by atoms with van der Waals surface area (Å²) >= 11 is 0. The summed E-state index contributed by atoms with van der Waals surface area (Å²) < 4.78 is 11.1. The number of methoxy groups -OCH3 is 2. The van der Waals surface area contributed by atoms with Crippen molar-refractivity contribution in [1.29, 1.82) is 0 Å². The summed E-state index contributed by atoms with van der Waals surface area (Å²) in [5, 5.41) is 5.56. The van der Waals surface area contributed by atoms with Crippen molar-refractivity contribution in [1.82, 2.24) is 9.55 Å². The summed E-state index contributed by atoms with van der Waals surface area (Å²) in [5.74, 6) is -0.556. The van der Waals surface area contributed by atoms with E-state index >= 15 is 0 Å². The second-order valence-electron chi connectivity index (χ2n) is 6.02. The fraction of sp³-hybridized carbons (Fsp3) is 0.389. The molecule has 0 aliphatic carbocycles. The van der Waals surface area contributed by atoms with Gasteiger partial charge in [0.05, 0.1) is 19.8 Å². The number of nitrogens with zero attached hydrogens (tertiary/aromatic N) is 1. The lowest BCUT2D eigenvalue weighted by Crippen LogP contribution is -2.42. The number of hydrogen-bond acceptors (Lipinski definition) is 7. The number of hydrogen-bond donors (Lipinski definition) is 4. The third kappa shape index (κ3) is 5.52. The first kappa shape index (κ1) is 21.4. The smallest absolute Gasteiger partial charge is 0.330 e. The molecule has 2 rings (SSSR count). The topological polar surface area (TPSA) is 140 Å². The number of rotatable bonds is 10. The van der Waals surface area contributed by atoms with Gasteiger partial charge in [0, 0.05) is 20.8 Å². The minimum Gasteiger partial charge on any atom is -0.383 e. The van der Waals surface area contributed by atoms with E-state index in [1.165, 1.54) is 18.8 Å². The summed E-state index contributed by atoms with van der Waals surface area (Å²) in [6.07, 6.45) is 0. The highest BCUT2D eigenvalue weighted by Gasteiger charge is 2.20. The van der Waals surface area contributed by atoms with Crippen LogP contribution in [0.15, 0.2) is 39.9 Å². The van der Waals surface area contributed by atoms with E-state index in [1.54, 1.807) is 0 Å². The Kier molecular flexibility index (Phi) is 7.93. The van der Waals surface area contributed by atoms with Gasteiger partial charge >= 0.3 is 5.69 Å². The molecule has 0 aliphatic heterocycles. The quantitative estimate of drug-likeness (QED) is 0.436. The zero-order valence-electron chi connectivity index (χ0n) is 15.9. The van der Waals surface area contributed by atoms with Crippen LogP contribution in [-0.4, -0.2) is 48.9 Å². The van der Waals surface area contributed by atoms with Crippen molar-refractivity contribution in [2.24, 2.45) is 5.73 Å². The molecule has 0 fully saturated rings. The van der Waals surface area contributed by atoms with Crippen molar-refractivity contribution >= 4 is 17.4 Å². The molecule has 1 atom stereocenters. The van der Waals surface area contributed by atoms with E-state index in [2.05, 4.69) is 15.6 Å². The molecular formula is C18H25N5O5. The number of carbonyl (C=O) groups is 1. The Morgan fingerprint density at radius 3 is 2.57 bits per heavy atom. The van der Waals surface area contributed by atoms with Crippen LogP contribution in [0.3, 0.4) is 0 Å². The number of ether oxygens (including phenoxy) is 2. The zero-order chi connectivity index (χ0) is 20.5. The number of H-pyrrole nitrogens is 1. The highest BCUT2D eigenvalue weighted by Crippen LogP contribution is 2.16. The summed E-state index contributed by atoms with van der Waals surface area (Å²) in [6.45, 7) is 0.641. The molecule has 152 valence electrons. The maximum Gasteiger partial charge on any atom is 0.330 e. The average molecular weight is 391 g/mol. The number of anilines is 2. The van der Waals surface area contributed by atoms with Crippen LogP contribution in [0.2, 0.25) is 0 Å². The monoisotopic (exact) mass is 391 g/mol. The summed E-state index contributed by atoms with van der Waals surface area (Å²) in [5.41, 5.74) is 5.42. The van der Waals surface area contributed by atoms with Gasteiger partial charge in [-0.25, -0.2) is 4.79 Å². The molecule has 2 aromatic rings. The van der Waals surface area contributed by atoms with E-state index in [1.807, 2.05) is 30.3 Å². The second kappa shape index (κ2) is 10.4. The number of benzene rings is 1. The van der Waals surface area contributed by atoms with Crippen molar-refractivity contribution in [3.63, 3.8) is 0 Å². The summed E-state index contributed by atoms with van der Waals surface area (Å²) in [4.78, 5) is 39.3. The number of nitrogens with two attached hydrogens (primary N) is 1. The highest BCUT2D eigenvalue weighted by molar-refractivity contribution is 5.96. The Hall–Kier alpha value is -2.95. The molecule has 28 heavy (non-hydrogen) atoms. The van der Waals surface area contributed by atoms with Crippen LogP contribution in [0.4, 0.5) is 11.5 Å². The number of carbonyl (C=O) groups excluding carboxylic acids is 1. The van der Waals surface area contributed by atoms with Crippen LogP contribution in [0, 0.1) is 0 Å². The van der Waals surface area contributed by atoms with Gasteiger partial charge < -0.3 is 25.8 Å². The Labute approximate surface area is 161 Å². The fourth-order valence-corrected chi connectivity index (χ4v) is 2.51. The molecule has 0 bridgehead atoms. The molecule has 1 aromatic heterocycles. The lowest BCUT2D eigenvalue weighted by atomic mass is 10.2. The van der Waals surface area contributed by atoms with Gasteiger partial charge in [-0.2, -0.15) is 0 Å². The van der Waals surface area contributed by atoms with E-state index < -0.39 is 23.2 Å². The summed E-state index contributed by atoms with van der Waals surface area (Å²) in [6, 6.07) is 8.42. The van der Waals surface area contributed by atoms with Crippen molar-refractivity contribution in [3.8, 4) is 0 Å². The highest BCUT2D eigenvalue weighted by atomic mass is 16.5. The first-order chi connectivity index (χ1) is 13.5. The zero-order valence-corrected chi connectivity index (χ0v) is 15.9. The molecule has 0 spiro atoms. The van der Waals surface area contributed by atoms with E-state index in [-0.39, 0.29) is 31.3 Å². The van der Waals surface area contributed by atoms with Gasteiger partial charge in [0.2, 0.25) is 5.91 Å². The normalized spacial score (nSPS) is 11.8. The third-order valence-electron chi connectivity index (χ3n) is 3.96. The first-order valence-electron chi connectivity index (χ1n) is 8.67. The standard InChI is InChI=1S/C18H25N5O5/c1-27-9-8-23-15(21-16(24)13(19)11-28-2)14(17(25)22-18(23)26)20-10-12-6-4-3-5-7-12/h3-7,13,20H,8-11,19H2,1-2H3,(H,21,24)(H,22,25,26). The first-order valence-corrected chi connectivity index (χ1v) is 8.67. The lowest BCUT2D eigenvalue weighted by Gasteiger charge is -2.19. The van der Waals surface area contributed by atoms with Crippen molar-refractivity contribution in [3.05, 3.63) is 56.7 Å². The molecule has 0 aliphatic rings. The van der Waals surface area contributed by atoms with Crippen LogP contribution in [-0.2, 0) is 27.4 Å². The molecule has 10 nitrogen and oxygen atoms in total. The molecule has 1 heterocycles. The molecule has 0 radical (unpaired) electrons. The van der Waals surface area contributed by atoms with Gasteiger partial charge in [0.15, 0.2) is 0 Å². The van der Waals surface area contributed by atoms with Crippen molar-refractivity contribution < 1.29 is 14.3 Å². The molecule has 1 unspecified atom stereocenters. The second-order valence-corrected chi connectivity index (χ2v) is 6.02. The molecule has 1 amide bonds. The van der Waals surface area contributed by atoms with Gasteiger partial charge in [-0.3, -0.25) is 19.1 Å². The fourth-order valence-electron chi connectivity index (χ4n) is 2.51. The van der Waals surface area contributed by atoms with Crippen LogP contribution < -0.4 is 27.6 Å². The van der Waals surface area contributed by atoms with E-state index in [4.69, 9.17) is 15.2 Å². The predicted octanol–water partition coefficient (Wildman–Crippen LogP) is -0.293. The molecule has 10 heteroatoms. The predicted molar refractivity (Wildman–Crippen MR) is 105 cm³/mol. The largest absolute Gasteiger partial charge is 0.383 e. The average Bonchev–Trinajstić information content (AvgIpc) is 2.68. The molecule has 5 N–H and O–H groups in total. The Bertz CT molecular complexity index is 893. The Balaban J connectivity index is 2.41. The van der Waals surface area contributed by atoms with Crippen molar-refractivity contribution in [2.75, 3.05) is 38.1 Å². The van der Waals surface area contributed by atoms with E-state index in [0.717, 1.165) is 5.56 Å². The molecule has 1 aromatic carbocycles. The van der Waals surface area contributed by atoms with Gasteiger partial charge in [0.1, 0.15) is 17.5 Å². The van der Waals surface area contributed by atoms with Crippen LogP contribution in [0.5, 0.6) is 0 Å². The van der Waals surface area contributed by atoms with Gasteiger partial charge in [-0.05, 0) is 5.56 Å². The minimum absolute atomic E-state index is 0.00982. The number of nitrogens with one attached hydrogen (secondary N) is 3. The maximum absolute atomic E-state index is 12.4.